The molecule has 3 aromatic carbocycles. The monoisotopic (exact) mass is 328 g/mol. The van der Waals surface area contributed by atoms with Crippen molar-refractivity contribution in [3.63, 3.8) is 0 Å². The second kappa shape index (κ2) is 6.81. The summed E-state index contributed by atoms with van der Waals surface area (Å²) >= 11 is 1.84. The van der Waals surface area contributed by atoms with Gasteiger partial charge in [-0.15, -0.1) is 0 Å². The fraction of sp³-hybridized carbons (Fsp3) is 0.0455. The maximum atomic E-state index is 2.40. The fourth-order valence-corrected chi connectivity index (χ4v) is 3.90. The topological polar surface area (TPSA) is 3.88 Å². The van der Waals surface area contributed by atoms with Crippen LogP contribution in [0.4, 0.5) is 0 Å². The Morgan fingerprint density at radius 3 is 2.17 bits per heavy atom. The molecule has 116 valence electrons. The zero-order valence-corrected chi connectivity index (χ0v) is 14.1. The lowest BCUT2D eigenvalue weighted by Gasteiger charge is -1.98. The van der Waals surface area contributed by atoms with Gasteiger partial charge in [-0.1, -0.05) is 84.1 Å². The van der Waals surface area contributed by atoms with E-state index in [9.17, 15) is 0 Å². The summed E-state index contributed by atoms with van der Waals surface area (Å²) in [4.78, 5) is 0. The molecule has 4 rings (SSSR count). The first-order valence-electron chi connectivity index (χ1n) is 8.08. The van der Waals surface area contributed by atoms with E-state index in [-0.39, 0.29) is 0 Å². The molecule has 0 unspecified atom stereocenters. The average molecular weight is 328 g/mol. The van der Waals surface area contributed by atoms with E-state index in [1.54, 1.807) is 0 Å². The van der Waals surface area contributed by atoms with Crippen LogP contribution in [0.2, 0.25) is 0 Å². The van der Waals surface area contributed by atoms with Crippen molar-refractivity contribution in [2.24, 2.45) is 0 Å². The Morgan fingerprint density at radius 1 is 0.708 bits per heavy atom. The van der Waals surface area contributed by atoms with Gasteiger partial charge in [0.25, 0.3) is 5.01 Å². The number of benzene rings is 3. The Balaban J connectivity index is 1.77. The number of hydrogen-bond acceptors (Lipinski definition) is 1. The van der Waals surface area contributed by atoms with E-state index in [4.69, 9.17) is 0 Å². The first-order chi connectivity index (χ1) is 11.9. The van der Waals surface area contributed by atoms with Gasteiger partial charge in [0.2, 0.25) is 5.52 Å². The summed E-state index contributed by atoms with van der Waals surface area (Å²) < 4.78 is 3.72. The molecule has 0 atom stereocenters. The van der Waals surface area contributed by atoms with Gasteiger partial charge in [0, 0.05) is 17.7 Å². The molecule has 0 fully saturated rings. The van der Waals surface area contributed by atoms with Crippen LogP contribution in [0.1, 0.15) is 16.1 Å². The molecule has 1 nitrogen and oxygen atoms in total. The van der Waals surface area contributed by atoms with Gasteiger partial charge < -0.3 is 0 Å². The molecular formula is C22H18NS+. The Labute approximate surface area is 146 Å². The normalized spacial score (nSPS) is 11.3. The number of rotatable bonds is 4. The molecule has 0 aliphatic carbocycles. The van der Waals surface area contributed by atoms with E-state index in [0.29, 0.717) is 0 Å². The SMILES string of the molecule is C(=Cc1sc2ccccc2[n+]1Cc1ccccc1)c1ccccc1. The summed E-state index contributed by atoms with van der Waals surface area (Å²) in [6.07, 6.45) is 4.41. The molecular weight excluding hydrogens is 310 g/mol. The van der Waals surface area contributed by atoms with Crippen LogP contribution >= 0.6 is 11.3 Å². The molecule has 0 bridgehead atoms. The van der Waals surface area contributed by atoms with Crippen molar-refractivity contribution in [2.75, 3.05) is 0 Å². The second-order valence-electron chi connectivity index (χ2n) is 5.72. The van der Waals surface area contributed by atoms with Crippen molar-refractivity contribution in [2.45, 2.75) is 6.54 Å². The summed E-state index contributed by atoms with van der Waals surface area (Å²) in [5, 5.41) is 1.27. The molecule has 0 saturated heterocycles. The Hall–Kier alpha value is -2.71. The molecule has 24 heavy (non-hydrogen) atoms. The molecule has 0 N–H and O–H groups in total. The van der Waals surface area contributed by atoms with Gasteiger partial charge in [0.15, 0.2) is 6.54 Å². The van der Waals surface area contributed by atoms with Crippen LogP contribution in [-0.2, 0) is 6.54 Å². The summed E-state index contributed by atoms with van der Waals surface area (Å²) in [7, 11) is 0. The van der Waals surface area contributed by atoms with Crippen LogP contribution in [0, 0.1) is 0 Å². The summed E-state index contributed by atoms with van der Waals surface area (Å²) in [5.41, 5.74) is 3.83. The first-order valence-corrected chi connectivity index (χ1v) is 8.90. The zero-order valence-electron chi connectivity index (χ0n) is 13.3. The maximum Gasteiger partial charge on any atom is 0.263 e. The summed E-state index contributed by atoms with van der Waals surface area (Å²) in [6, 6.07) is 29.7. The highest BCUT2D eigenvalue weighted by Crippen LogP contribution is 2.22. The zero-order chi connectivity index (χ0) is 16.2. The Morgan fingerprint density at radius 2 is 1.38 bits per heavy atom. The van der Waals surface area contributed by atoms with Crippen molar-refractivity contribution in [3.8, 4) is 0 Å². The van der Waals surface area contributed by atoms with E-state index in [1.807, 2.05) is 17.4 Å². The molecule has 4 aromatic rings. The van der Waals surface area contributed by atoms with Gasteiger partial charge in [0.1, 0.15) is 4.70 Å². The van der Waals surface area contributed by atoms with E-state index < -0.39 is 0 Å². The minimum Gasteiger partial charge on any atom is -0.178 e. The van der Waals surface area contributed by atoms with Crippen LogP contribution in [0.15, 0.2) is 84.9 Å². The smallest absolute Gasteiger partial charge is 0.178 e. The molecule has 0 radical (unpaired) electrons. The fourth-order valence-electron chi connectivity index (χ4n) is 2.84. The molecule has 1 aromatic heterocycles. The second-order valence-corrected chi connectivity index (χ2v) is 6.79. The lowest BCUT2D eigenvalue weighted by atomic mass is 10.2. The van der Waals surface area contributed by atoms with E-state index in [2.05, 4.69) is 95.6 Å². The lowest BCUT2D eigenvalue weighted by Crippen LogP contribution is -2.35. The number of nitrogens with zero attached hydrogens (tertiary/aromatic N) is 1. The predicted octanol–water partition coefficient (Wildman–Crippen LogP) is 5.41. The third-order valence-electron chi connectivity index (χ3n) is 4.04. The van der Waals surface area contributed by atoms with Crippen molar-refractivity contribution in [1.29, 1.82) is 0 Å². The van der Waals surface area contributed by atoms with Gasteiger partial charge in [-0.3, -0.25) is 0 Å². The van der Waals surface area contributed by atoms with Crippen LogP contribution in [-0.4, -0.2) is 0 Å². The lowest BCUT2D eigenvalue weighted by molar-refractivity contribution is -0.659. The third kappa shape index (κ3) is 3.15. The van der Waals surface area contributed by atoms with Crippen LogP contribution in [0.25, 0.3) is 22.4 Å². The average Bonchev–Trinajstić information content (AvgIpc) is 2.99. The highest BCUT2D eigenvalue weighted by Gasteiger charge is 2.18. The minimum atomic E-state index is 0.888. The highest BCUT2D eigenvalue weighted by atomic mass is 32.1. The molecule has 0 amide bonds. The van der Waals surface area contributed by atoms with Crippen LogP contribution in [0.5, 0.6) is 0 Å². The largest absolute Gasteiger partial charge is 0.263 e. The minimum absolute atomic E-state index is 0.888. The molecule has 1 heterocycles. The summed E-state index contributed by atoms with van der Waals surface area (Å²) in [5.74, 6) is 0. The number of hydrogen-bond donors (Lipinski definition) is 0. The van der Waals surface area contributed by atoms with Gasteiger partial charge in [0.05, 0.1) is 0 Å². The molecule has 2 heteroatoms. The predicted molar refractivity (Wildman–Crippen MR) is 103 cm³/mol. The number of thiazole rings is 1. The Bertz CT molecular complexity index is 969. The summed E-state index contributed by atoms with van der Waals surface area (Å²) in [6.45, 7) is 0.888. The molecule has 0 aliphatic rings. The van der Waals surface area contributed by atoms with E-state index >= 15 is 0 Å². The van der Waals surface area contributed by atoms with Crippen molar-refractivity contribution < 1.29 is 4.57 Å². The standard InChI is InChI=1S/C22H18NS/c1-3-9-18(10-4-1)15-16-22-23(17-19-11-5-2-6-12-19)20-13-7-8-14-21(20)24-22/h1-16H,17H2/q+1. The van der Waals surface area contributed by atoms with Gasteiger partial charge >= 0.3 is 0 Å². The Kier molecular flexibility index (Phi) is 4.22. The van der Waals surface area contributed by atoms with Gasteiger partial charge in [-0.25, -0.2) is 0 Å². The first kappa shape index (κ1) is 14.9. The number of aromatic nitrogens is 1. The number of para-hydroxylation sites is 1. The van der Waals surface area contributed by atoms with Crippen molar-refractivity contribution in [1.82, 2.24) is 0 Å². The molecule has 0 spiro atoms. The van der Waals surface area contributed by atoms with Gasteiger partial charge in [-0.05, 0) is 17.7 Å². The van der Waals surface area contributed by atoms with E-state index in [0.717, 1.165) is 6.54 Å². The highest BCUT2D eigenvalue weighted by molar-refractivity contribution is 7.18. The molecule has 0 aliphatic heterocycles. The van der Waals surface area contributed by atoms with Gasteiger partial charge in [-0.2, -0.15) is 4.57 Å². The van der Waals surface area contributed by atoms with E-state index in [1.165, 1.54) is 26.4 Å². The van der Waals surface area contributed by atoms with Crippen molar-refractivity contribution in [3.05, 3.63) is 101 Å². The quantitative estimate of drug-likeness (QED) is 0.441. The number of fused-ring (bicyclic) bond motifs is 1. The van der Waals surface area contributed by atoms with Crippen molar-refractivity contribution >= 4 is 33.7 Å². The van der Waals surface area contributed by atoms with Crippen LogP contribution in [0.3, 0.4) is 0 Å². The maximum absolute atomic E-state index is 2.40. The third-order valence-corrected chi connectivity index (χ3v) is 5.17. The molecule has 0 saturated carbocycles. The van der Waals surface area contributed by atoms with Crippen LogP contribution < -0.4 is 4.57 Å².